The molecule has 1 atom stereocenters. The highest BCUT2D eigenvalue weighted by atomic mass is 19.1. The van der Waals surface area contributed by atoms with Gasteiger partial charge < -0.3 is 19.5 Å². The number of carbonyl (C=O) groups excluding carboxylic acids is 1. The van der Waals surface area contributed by atoms with E-state index in [2.05, 4.69) is 10.2 Å². The van der Waals surface area contributed by atoms with Gasteiger partial charge in [0.1, 0.15) is 11.5 Å². The summed E-state index contributed by atoms with van der Waals surface area (Å²) in [5.41, 5.74) is 5.51. The molecule has 168 valence electrons. The van der Waals surface area contributed by atoms with E-state index in [1.807, 2.05) is 61.7 Å². The van der Waals surface area contributed by atoms with Crippen LogP contribution in [0.25, 0.3) is 0 Å². The number of rotatable bonds is 6. The molecule has 1 aliphatic rings. The Morgan fingerprint density at radius 2 is 1.81 bits per heavy atom. The molecule has 0 saturated carbocycles. The Balaban J connectivity index is 1.72. The molecule has 2 heterocycles. The molecule has 5 nitrogen and oxygen atoms in total. The average molecular weight is 436 g/mol. The number of nitrogens with one attached hydrogen (secondary N) is 1. The maximum atomic E-state index is 13.9. The molecule has 1 fully saturated rings. The van der Waals surface area contributed by atoms with E-state index in [1.165, 1.54) is 12.1 Å². The van der Waals surface area contributed by atoms with Gasteiger partial charge in [-0.2, -0.15) is 0 Å². The summed E-state index contributed by atoms with van der Waals surface area (Å²) in [5.74, 6) is -0.404. The average Bonchev–Trinajstić information content (AvgIpc) is 3.04. The molecule has 1 aliphatic heterocycles. The first-order chi connectivity index (χ1) is 15.5. The van der Waals surface area contributed by atoms with Gasteiger partial charge in [-0.15, -0.1) is 0 Å². The van der Waals surface area contributed by atoms with Crippen LogP contribution in [-0.2, 0) is 11.3 Å². The standard InChI is InChI=1S/C26H30FN3O2/c1-18-24(29-12-14-32-15-13-29)20(3)30(17-21-8-7-11-23(27)16-21)25(18)26(31)28-19(2)22-9-5-4-6-10-22/h4-11,16,19H,12-15,17H2,1-3H3,(H,28,31)/t19-/m0/s1. The van der Waals surface area contributed by atoms with Crippen LogP contribution in [0.4, 0.5) is 10.1 Å². The third-order valence-electron chi connectivity index (χ3n) is 6.15. The molecule has 1 amide bonds. The van der Waals surface area contributed by atoms with E-state index in [1.54, 1.807) is 6.07 Å². The smallest absolute Gasteiger partial charge is 0.268 e. The zero-order valence-electron chi connectivity index (χ0n) is 18.9. The highest BCUT2D eigenvalue weighted by molar-refractivity contribution is 5.97. The van der Waals surface area contributed by atoms with Gasteiger partial charge in [0.05, 0.1) is 24.9 Å². The van der Waals surface area contributed by atoms with Gasteiger partial charge in [-0.3, -0.25) is 4.79 Å². The second kappa shape index (κ2) is 9.57. The second-order valence-electron chi connectivity index (χ2n) is 8.33. The highest BCUT2D eigenvalue weighted by Crippen LogP contribution is 2.32. The van der Waals surface area contributed by atoms with Gasteiger partial charge in [-0.1, -0.05) is 42.5 Å². The van der Waals surface area contributed by atoms with Gasteiger partial charge in [0.2, 0.25) is 0 Å². The Morgan fingerprint density at radius 1 is 1.09 bits per heavy atom. The van der Waals surface area contributed by atoms with Crippen LogP contribution in [-0.4, -0.2) is 36.8 Å². The minimum atomic E-state index is -0.277. The van der Waals surface area contributed by atoms with Gasteiger partial charge in [0.15, 0.2) is 0 Å². The molecule has 1 aromatic heterocycles. The summed E-state index contributed by atoms with van der Waals surface area (Å²) in [5, 5.41) is 3.16. The Morgan fingerprint density at radius 3 is 2.50 bits per heavy atom. The van der Waals surface area contributed by atoms with Crippen molar-refractivity contribution in [1.29, 1.82) is 0 Å². The summed E-state index contributed by atoms with van der Waals surface area (Å²) in [6.45, 7) is 9.35. The number of amides is 1. The van der Waals surface area contributed by atoms with Crippen molar-refractivity contribution in [2.75, 3.05) is 31.2 Å². The summed E-state index contributed by atoms with van der Waals surface area (Å²) in [6, 6.07) is 16.3. The van der Waals surface area contributed by atoms with Crippen LogP contribution in [0.2, 0.25) is 0 Å². The van der Waals surface area contributed by atoms with Crippen LogP contribution in [0, 0.1) is 19.7 Å². The maximum Gasteiger partial charge on any atom is 0.268 e. The number of hydrogen-bond donors (Lipinski definition) is 1. The molecule has 0 bridgehead atoms. The van der Waals surface area contributed by atoms with Crippen molar-refractivity contribution in [3.05, 3.63) is 88.5 Å². The Hall–Kier alpha value is -3.12. The molecular formula is C26H30FN3O2. The molecule has 6 heteroatoms. The maximum absolute atomic E-state index is 13.9. The predicted octanol–water partition coefficient (Wildman–Crippen LogP) is 4.62. The van der Waals surface area contributed by atoms with E-state index in [-0.39, 0.29) is 17.8 Å². The van der Waals surface area contributed by atoms with Crippen LogP contribution >= 0.6 is 0 Å². The third kappa shape index (κ3) is 4.55. The van der Waals surface area contributed by atoms with Gasteiger partial charge >= 0.3 is 0 Å². The van der Waals surface area contributed by atoms with E-state index in [4.69, 9.17) is 4.74 Å². The SMILES string of the molecule is Cc1c(N2CCOCC2)c(C)n(Cc2cccc(F)c2)c1C(=O)N[C@@H](C)c1ccccc1. The minimum absolute atomic E-state index is 0.127. The Labute approximate surface area is 188 Å². The lowest BCUT2D eigenvalue weighted by molar-refractivity contribution is 0.0930. The zero-order chi connectivity index (χ0) is 22.7. The molecule has 2 aromatic carbocycles. The summed E-state index contributed by atoms with van der Waals surface area (Å²) < 4.78 is 21.4. The number of nitrogens with zero attached hydrogens (tertiary/aromatic N) is 2. The second-order valence-corrected chi connectivity index (χ2v) is 8.33. The van der Waals surface area contributed by atoms with E-state index >= 15 is 0 Å². The fraction of sp³-hybridized carbons (Fsp3) is 0.346. The Kier molecular flexibility index (Phi) is 6.61. The minimum Gasteiger partial charge on any atom is -0.378 e. The molecule has 0 radical (unpaired) electrons. The lowest BCUT2D eigenvalue weighted by Gasteiger charge is -2.29. The number of morpholine rings is 1. The van der Waals surface area contributed by atoms with E-state index in [0.717, 1.165) is 41.2 Å². The highest BCUT2D eigenvalue weighted by Gasteiger charge is 2.27. The number of hydrogen-bond acceptors (Lipinski definition) is 3. The molecule has 1 saturated heterocycles. The molecule has 1 N–H and O–H groups in total. The quantitative estimate of drug-likeness (QED) is 0.615. The largest absolute Gasteiger partial charge is 0.378 e. The summed E-state index contributed by atoms with van der Waals surface area (Å²) in [4.78, 5) is 15.8. The molecule has 3 aromatic rings. The first-order valence-corrected chi connectivity index (χ1v) is 11.1. The normalized spacial score (nSPS) is 14.9. The van der Waals surface area contributed by atoms with Crippen molar-refractivity contribution in [1.82, 2.24) is 9.88 Å². The van der Waals surface area contributed by atoms with E-state index < -0.39 is 0 Å². The van der Waals surface area contributed by atoms with Gasteiger partial charge in [0.25, 0.3) is 5.91 Å². The van der Waals surface area contributed by atoms with E-state index in [9.17, 15) is 9.18 Å². The van der Waals surface area contributed by atoms with Gasteiger partial charge in [0, 0.05) is 30.9 Å². The van der Waals surface area contributed by atoms with Crippen molar-refractivity contribution < 1.29 is 13.9 Å². The van der Waals surface area contributed by atoms with Crippen LogP contribution in [0.3, 0.4) is 0 Å². The van der Waals surface area contributed by atoms with Crippen molar-refractivity contribution in [3.63, 3.8) is 0 Å². The molecule has 0 aliphatic carbocycles. The number of carbonyl (C=O) groups is 1. The molecule has 4 rings (SSSR count). The molecular weight excluding hydrogens is 405 g/mol. The van der Waals surface area contributed by atoms with E-state index in [0.29, 0.717) is 25.5 Å². The number of aromatic nitrogens is 1. The topological polar surface area (TPSA) is 46.5 Å². The van der Waals surface area contributed by atoms with Gasteiger partial charge in [-0.25, -0.2) is 4.39 Å². The monoisotopic (exact) mass is 435 g/mol. The molecule has 0 unspecified atom stereocenters. The number of halogens is 1. The number of ether oxygens (including phenoxy) is 1. The first-order valence-electron chi connectivity index (χ1n) is 11.1. The molecule has 32 heavy (non-hydrogen) atoms. The van der Waals surface area contributed by atoms with Crippen LogP contribution < -0.4 is 10.2 Å². The fourth-order valence-corrected chi connectivity index (χ4v) is 4.53. The third-order valence-corrected chi connectivity index (χ3v) is 6.15. The Bertz CT molecular complexity index is 1090. The number of anilines is 1. The fourth-order valence-electron chi connectivity index (χ4n) is 4.53. The van der Waals surface area contributed by atoms with Crippen molar-refractivity contribution in [2.45, 2.75) is 33.4 Å². The molecule has 0 spiro atoms. The van der Waals surface area contributed by atoms with Crippen LogP contribution in [0.15, 0.2) is 54.6 Å². The summed E-state index contributed by atoms with van der Waals surface area (Å²) in [6.07, 6.45) is 0. The number of benzene rings is 2. The van der Waals surface area contributed by atoms with Gasteiger partial charge in [-0.05, 0) is 44.0 Å². The first kappa shape index (κ1) is 22.1. The summed E-state index contributed by atoms with van der Waals surface area (Å²) in [7, 11) is 0. The lowest BCUT2D eigenvalue weighted by atomic mass is 10.1. The van der Waals surface area contributed by atoms with Crippen molar-refractivity contribution in [2.24, 2.45) is 0 Å². The predicted molar refractivity (Wildman–Crippen MR) is 125 cm³/mol. The van der Waals surface area contributed by atoms with Crippen molar-refractivity contribution >= 4 is 11.6 Å². The van der Waals surface area contributed by atoms with Crippen LogP contribution in [0.5, 0.6) is 0 Å². The zero-order valence-corrected chi connectivity index (χ0v) is 18.9. The van der Waals surface area contributed by atoms with Crippen molar-refractivity contribution in [3.8, 4) is 0 Å². The lowest BCUT2D eigenvalue weighted by Crippen LogP contribution is -2.36. The van der Waals surface area contributed by atoms with Crippen LogP contribution in [0.1, 0.15) is 45.8 Å². The summed E-state index contributed by atoms with van der Waals surface area (Å²) >= 11 is 0.